The van der Waals surface area contributed by atoms with Crippen molar-refractivity contribution in [2.24, 2.45) is 0 Å². The van der Waals surface area contributed by atoms with Gasteiger partial charge in [0.2, 0.25) is 0 Å². The first kappa shape index (κ1) is 14.1. The number of aromatic nitrogens is 2. The molecule has 2 heterocycles. The Morgan fingerprint density at radius 3 is 2.86 bits per heavy atom. The van der Waals surface area contributed by atoms with Crippen LogP contribution < -0.4 is 10.1 Å². The summed E-state index contributed by atoms with van der Waals surface area (Å²) in [5.74, 6) is 1.02. The van der Waals surface area contributed by atoms with Crippen molar-refractivity contribution in [2.45, 2.75) is 51.9 Å². The normalized spacial score (nSPS) is 17.6. The first-order chi connectivity index (χ1) is 10.0. The summed E-state index contributed by atoms with van der Waals surface area (Å²) in [5.41, 5.74) is 2.60. The molecule has 0 saturated carbocycles. The molecule has 0 amide bonds. The molecular weight excluding hydrogens is 262 g/mol. The van der Waals surface area contributed by atoms with Crippen LogP contribution in [-0.4, -0.2) is 21.4 Å². The molecule has 0 radical (unpaired) electrons. The Kier molecular flexibility index (Phi) is 3.72. The quantitative estimate of drug-likeness (QED) is 0.939. The highest BCUT2D eigenvalue weighted by molar-refractivity contribution is 5.37. The number of nitrogens with one attached hydrogen (secondary N) is 1. The van der Waals surface area contributed by atoms with E-state index in [0.29, 0.717) is 0 Å². The minimum Gasteiger partial charge on any atom is -0.488 e. The van der Waals surface area contributed by atoms with Crippen LogP contribution in [-0.2, 0) is 19.5 Å². The second-order valence-corrected chi connectivity index (χ2v) is 6.66. The lowest BCUT2D eigenvalue weighted by atomic mass is 10.1. The average Bonchev–Trinajstić information content (AvgIpc) is 3.01. The van der Waals surface area contributed by atoms with Crippen molar-refractivity contribution in [1.82, 2.24) is 15.1 Å². The fraction of sp³-hybridized carbons (Fsp3) is 0.471. The highest BCUT2D eigenvalue weighted by Gasteiger charge is 2.23. The summed E-state index contributed by atoms with van der Waals surface area (Å²) < 4.78 is 8.05. The van der Waals surface area contributed by atoms with Crippen molar-refractivity contribution in [2.75, 3.05) is 0 Å². The molecule has 1 aromatic heterocycles. The zero-order valence-corrected chi connectivity index (χ0v) is 13.0. The number of rotatable bonds is 4. The van der Waals surface area contributed by atoms with Crippen LogP contribution in [0.4, 0.5) is 0 Å². The lowest BCUT2D eigenvalue weighted by molar-refractivity contribution is 0.201. The number of hydrogen-bond donors (Lipinski definition) is 1. The molecule has 1 unspecified atom stereocenters. The van der Waals surface area contributed by atoms with E-state index >= 15 is 0 Å². The summed E-state index contributed by atoms with van der Waals surface area (Å²) in [5, 5.41) is 7.94. The van der Waals surface area contributed by atoms with Gasteiger partial charge in [-0.25, -0.2) is 0 Å². The van der Waals surface area contributed by atoms with Gasteiger partial charge in [0.05, 0.1) is 12.2 Å². The fourth-order valence-electron chi connectivity index (χ4n) is 2.58. The van der Waals surface area contributed by atoms with E-state index in [9.17, 15) is 0 Å². The molecule has 4 nitrogen and oxygen atoms in total. The standard InChI is InChI=1S/C17H23N3O/c1-17(2,3)18-11-14-8-9-19-20(14)12-15-10-13-6-4-5-7-16(13)21-15/h4-9,15,18H,10-12H2,1-3H3. The summed E-state index contributed by atoms with van der Waals surface area (Å²) >= 11 is 0. The molecule has 112 valence electrons. The first-order valence-electron chi connectivity index (χ1n) is 7.51. The SMILES string of the molecule is CC(C)(C)NCc1ccnn1CC1Cc2ccccc2O1. The summed E-state index contributed by atoms with van der Waals surface area (Å²) in [6, 6.07) is 10.3. The molecule has 1 aliphatic heterocycles. The highest BCUT2D eigenvalue weighted by atomic mass is 16.5. The predicted molar refractivity (Wildman–Crippen MR) is 83.4 cm³/mol. The zero-order valence-electron chi connectivity index (χ0n) is 13.0. The second kappa shape index (κ2) is 5.53. The number of ether oxygens (including phenoxy) is 1. The van der Waals surface area contributed by atoms with Gasteiger partial charge in [-0.3, -0.25) is 4.68 Å². The van der Waals surface area contributed by atoms with Crippen LogP contribution in [0.5, 0.6) is 5.75 Å². The fourth-order valence-corrected chi connectivity index (χ4v) is 2.58. The van der Waals surface area contributed by atoms with E-state index in [2.05, 4.69) is 54.1 Å². The molecule has 1 aliphatic rings. The molecule has 0 bridgehead atoms. The summed E-state index contributed by atoms with van der Waals surface area (Å²) in [4.78, 5) is 0. The number of benzene rings is 1. The molecule has 0 aliphatic carbocycles. The maximum atomic E-state index is 6.00. The van der Waals surface area contributed by atoms with Crippen molar-refractivity contribution >= 4 is 0 Å². The first-order valence-corrected chi connectivity index (χ1v) is 7.51. The zero-order chi connectivity index (χ0) is 14.9. The number of fused-ring (bicyclic) bond motifs is 1. The van der Waals surface area contributed by atoms with Gasteiger partial charge in [-0.05, 0) is 38.5 Å². The van der Waals surface area contributed by atoms with Crippen LogP contribution in [0.1, 0.15) is 32.0 Å². The Morgan fingerprint density at radius 2 is 2.10 bits per heavy atom. The molecule has 21 heavy (non-hydrogen) atoms. The molecule has 3 rings (SSSR count). The van der Waals surface area contributed by atoms with Gasteiger partial charge in [-0.2, -0.15) is 5.10 Å². The molecular formula is C17H23N3O. The van der Waals surface area contributed by atoms with Gasteiger partial charge in [0.15, 0.2) is 0 Å². The third-order valence-electron chi connectivity index (χ3n) is 3.69. The Bertz CT molecular complexity index is 587. The Morgan fingerprint density at radius 1 is 1.29 bits per heavy atom. The molecule has 1 atom stereocenters. The Labute approximate surface area is 126 Å². The summed E-state index contributed by atoms with van der Waals surface area (Å²) in [7, 11) is 0. The number of hydrogen-bond acceptors (Lipinski definition) is 3. The van der Waals surface area contributed by atoms with Crippen LogP contribution in [0.15, 0.2) is 36.5 Å². The maximum Gasteiger partial charge on any atom is 0.123 e. The van der Waals surface area contributed by atoms with E-state index in [0.717, 1.165) is 25.3 Å². The minimum absolute atomic E-state index is 0.106. The highest BCUT2D eigenvalue weighted by Crippen LogP contribution is 2.28. The largest absolute Gasteiger partial charge is 0.488 e. The molecule has 0 saturated heterocycles. The lowest BCUT2D eigenvalue weighted by Gasteiger charge is -2.21. The van der Waals surface area contributed by atoms with Gasteiger partial charge < -0.3 is 10.1 Å². The molecule has 0 spiro atoms. The Hall–Kier alpha value is -1.81. The van der Waals surface area contributed by atoms with Crippen molar-refractivity contribution in [3.63, 3.8) is 0 Å². The second-order valence-electron chi connectivity index (χ2n) is 6.66. The molecule has 1 N–H and O–H groups in total. The van der Waals surface area contributed by atoms with E-state index in [1.807, 2.05) is 18.3 Å². The van der Waals surface area contributed by atoms with E-state index in [1.165, 1.54) is 11.3 Å². The van der Waals surface area contributed by atoms with E-state index < -0.39 is 0 Å². The third kappa shape index (κ3) is 3.45. The van der Waals surface area contributed by atoms with Crippen LogP contribution in [0.2, 0.25) is 0 Å². The van der Waals surface area contributed by atoms with E-state index in [-0.39, 0.29) is 11.6 Å². The van der Waals surface area contributed by atoms with Crippen LogP contribution in [0.25, 0.3) is 0 Å². The minimum atomic E-state index is 0.106. The summed E-state index contributed by atoms with van der Waals surface area (Å²) in [6.07, 6.45) is 3.00. The maximum absolute atomic E-state index is 6.00. The molecule has 4 heteroatoms. The molecule has 2 aromatic rings. The monoisotopic (exact) mass is 285 g/mol. The van der Waals surface area contributed by atoms with Crippen LogP contribution >= 0.6 is 0 Å². The van der Waals surface area contributed by atoms with Crippen LogP contribution in [0, 0.1) is 0 Å². The molecule has 1 aromatic carbocycles. The van der Waals surface area contributed by atoms with Gasteiger partial charge in [-0.15, -0.1) is 0 Å². The van der Waals surface area contributed by atoms with Gasteiger partial charge in [0, 0.05) is 24.7 Å². The number of nitrogens with zero attached hydrogens (tertiary/aromatic N) is 2. The van der Waals surface area contributed by atoms with Gasteiger partial charge in [0.25, 0.3) is 0 Å². The van der Waals surface area contributed by atoms with Crippen molar-refractivity contribution in [3.8, 4) is 5.75 Å². The van der Waals surface area contributed by atoms with Crippen molar-refractivity contribution in [3.05, 3.63) is 47.8 Å². The Balaban J connectivity index is 1.63. The van der Waals surface area contributed by atoms with Gasteiger partial charge in [0.1, 0.15) is 11.9 Å². The van der Waals surface area contributed by atoms with Crippen molar-refractivity contribution < 1.29 is 4.74 Å². The van der Waals surface area contributed by atoms with Crippen LogP contribution in [0.3, 0.4) is 0 Å². The molecule has 0 fully saturated rings. The topological polar surface area (TPSA) is 39.1 Å². The smallest absolute Gasteiger partial charge is 0.123 e. The average molecular weight is 285 g/mol. The van der Waals surface area contributed by atoms with E-state index in [1.54, 1.807) is 0 Å². The number of para-hydroxylation sites is 1. The predicted octanol–water partition coefficient (Wildman–Crippen LogP) is 2.77. The van der Waals surface area contributed by atoms with Crippen molar-refractivity contribution in [1.29, 1.82) is 0 Å². The van der Waals surface area contributed by atoms with Gasteiger partial charge >= 0.3 is 0 Å². The summed E-state index contributed by atoms with van der Waals surface area (Å²) in [6.45, 7) is 8.13. The third-order valence-corrected chi connectivity index (χ3v) is 3.69. The van der Waals surface area contributed by atoms with Gasteiger partial charge in [-0.1, -0.05) is 18.2 Å². The van der Waals surface area contributed by atoms with E-state index in [4.69, 9.17) is 4.74 Å². The lowest BCUT2D eigenvalue weighted by Crippen LogP contribution is -2.36.